The van der Waals surface area contributed by atoms with Crippen LogP contribution in [0.2, 0.25) is 0 Å². The summed E-state index contributed by atoms with van der Waals surface area (Å²) in [6, 6.07) is 8.55. The lowest BCUT2D eigenvalue weighted by molar-refractivity contribution is 0.159. The lowest BCUT2D eigenvalue weighted by Gasteiger charge is -2.29. The van der Waals surface area contributed by atoms with Gasteiger partial charge in [-0.05, 0) is 37.1 Å². The van der Waals surface area contributed by atoms with Gasteiger partial charge in [-0.25, -0.2) is 0 Å². The van der Waals surface area contributed by atoms with Crippen molar-refractivity contribution in [3.05, 3.63) is 28.7 Å². The smallest absolute Gasteiger partial charge is 0.119 e. The molecule has 4 heteroatoms. The predicted octanol–water partition coefficient (Wildman–Crippen LogP) is 4.56. The third-order valence-electron chi connectivity index (χ3n) is 3.29. The van der Waals surface area contributed by atoms with E-state index in [1.54, 1.807) is 0 Å². The molecule has 0 N–H and O–H groups in total. The average molecular weight is 349 g/mol. The summed E-state index contributed by atoms with van der Waals surface area (Å²) in [5, 5.41) is 0. The second-order valence-corrected chi connectivity index (χ2v) is 5.79. The SMILES string of the molecule is CCC(CC)N(CCCl)CCOc1ccc(Br)cc1. The number of hydrogen-bond donors (Lipinski definition) is 0. The number of nitrogens with zero attached hydrogens (tertiary/aromatic N) is 1. The quantitative estimate of drug-likeness (QED) is 0.607. The number of benzene rings is 1. The van der Waals surface area contributed by atoms with Gasteiger partial charge in [-0.3, -0.25) is 4.90 Å². The number of halogens is 2. The highest BCUT2D eigenvalue weighted by Gasteiger charge is 2.14. The summed E-state index contributed by atoms with van der Waals surface area (Å²) in [7, 11) is 0. The van der Waals surface area contributed by atoms with Gasteiger partial charge < -0.3 is 4.74 Å². The van der Waals surface area contributed by atoms with Crippen molar-refractivity contribution in [1.82, 2.24) is 4.90 Å². The van der Waals surface area contributed by atoms with E-state index in [-0.39, 0.29) is 0 Å². The van der Waals surface area contributed by atoms with E-state index in [9.17, 15) is 0 Å². The van der Waals surface area contributed by atoms with Crippen LogP contribution in [0.25, 0.3) is 0 Å². The summed E-state index contributed by atoms with van der Waals surface area (Å²) in [6.45, 7) is 7.01. The van der Waals surface area contributed by atoms with E-state index in [0.717, 1.165) is 36.2 Å². The van der Waals surface area contributed by atoms with E-state index in [1.807, 2.05) is 24.3 Å². The lowest BCUT2D eigenvalue weighted by atomic mass is 10.1. The maximum absolute atomic E-state index is 5.88. The van der Waals surface area contributed by atoms with E-state index in [4.69, 9.17) is 16.3 Å². The lowest BCUT2D eigenvalue weighted by Crippen LogP contribution is -2.38. The molecule has 0 radical (unpaired) electrons. The average Bonchev–Trinajstić information content (AvgIpc) is 2.42. The molecule has 0 unspecified atom stereocenters. The van der Waals surface area contributed by atoms with Crippen LogP contribution < -0.4 is 4.74 Å². The minimum atomic E-state index is 0.604. The molecular formula is C15H23BrClNO. The second kappa shape index (κ2) is 9.62. The fourth-order valence-corrected chi connectivity index (χ4v) is 2.68. The zero-order valence-electron chi connectivity index (χ0n) is 11.7. The van der Waals surface area contributed by atoms with Gasteiger partial charge in [0.2, 0.25) is 0 Å². The second-order valence-electron chi connectivity index (χ2n) is 4.50. The summed E-state index contributed by atoms with van der Waals surface area (Å²) in [4.78, 5) is 2.42. The molecule has 1 rings (SSSR count). The number of alkyl halides is 1. The van der Waals surface area contributed by atoms with Crippen molar-refractivity contribution in [2.75, 3.05) is 25.6 Å². The van der Waals surface area contributed by atoms with E-state index in [0.29, 0.717) is 18.5 Å². The summed E-state index contributed by atoms with van der Waals surface area (Å²) in [5.41, 5.74) is 0. The summed E-state index contributed by atoms with van der Waals surface area (Å²) < 4.78 is 6.84. The number of ether oxygens (including phenoxy) is 1. The molecular weight excluding hydrogens is 326 g/mol. The molecule has 2 nitrogen and oxygen atoms in total. The fourth-order valence-electron chi connectivity index (χ4n) is 2.20. The Labute approximate surface area is 130 Å². The first-order chi connectivity index (χ1) is 9.21. The highest BCUT2D eigenvalue weighted by Crippen LogP contribution is 2.16. The van der Waals surface area contributed by atoms with E-state index in [2.05, 4.69) is 34.7 Å². The molecule has 0 bridgehead atoms. The molecule has 0 fully saturated rings. The first-order valence-electron chi connectivity index (χ1n) is 6.89. The van der Waals surface area contributed by atoms with Crippen molar-refractivity contribution in [2.45, 2.75) is 32.7 Å². The molecule has 1 aromatic rings. The Balaban J connectivity index is 2.41. The molecule has 0 aliphatic carbocycles. The van der Waals surface area contributed by atoms with E-state index >= 15 is 0 Å². The molecule has 19 heavy (non-hydrogen) atoms. The topological polar surface area (TPSA) is 12.5 Å². The van der Waals surface area contributed by atoms with Crippen molar-refractivity contribution >= 4 is 27.5 Å². The fraction of sp³-hybridized carbons (Fsp3) is 0.600. The third kappa shape index (κ3) is 6.15. The van der Waals surface area contributed by atoms with Gasteiger partial charge in [0.25, 0.3) is 0 Å². The first kappa shape index (κ1) is 16.8. The standard InChI is InChI=1S/C15H23BrClNO/c1-3-14(4-2)18(10-9-17)11-12-19-15-7-5-13(16)6-8-15/h5-8,14H,3-4,9-12H2,1-2H3. The van der Waals surface area contributed by atoms with Crippen LogP contribution in [0.4, 0.5) is 0 Å². The van der Waals surface area contributed by atoms with Crippen LogP contribution in [0.15, 0.2) is 28.7 Å². The Morgan fingerprint density at radius 3 is 2.32 bits per heavy atom. The van der Waals surface area contributed by atoms with Crippen molar-refractivity contribution in [1.29, 1.82) is 0 Å². The van der Waals surface area contributed by atoms with E-state index in [1.165, 1.54) is 0 Å². The summed E-state index contributed by atoms with van der Waals surface area (Å²) in [6.07, 6.45) is 2.32. The zero-order valence-corrected chi connectivity index (χ0v) is 14.1. The van der Waals surface area contributed by atoms with Crippen LogP contribution >= 0.6 is 27.5 Å². The van der Waals surface area contributed by atoms with Gasteiger partial charge in [-0.2, -0.15) is 0 Å². The molecule has 0 amide bonds. The largest absolute Gasteiger partial charge is 0.492 e. The predicted molar refractivity (Wildman–Crippen MR) is 86.3 cm³/mol. The normalized spacial score (nSPS) is 11.3. The monoisotopic (exact) mass is 347 g/mol. The first-order valence-corrected chi connectivity index (χ1v) is 8.22. The van der Waals surface area contributed by atoms with Crippen LogP contribution in [-0.4, -0.2) is 36.5 Å². The molecule has 0 atom stereocenters. The minimum Gasteiger partial charge on any atom is -0.492 e. The van der Waals surface area contributed by atoms with Crippen molar-refractivity contribution < 1.29 is 4.74 Å². The zero-order chi connectivity index (χ0) is 14.1. The van der Waals surface area contributed by atoms with Gasteiger partial charge in [0.05, 0.1) is 0 Å². The maximum Gasteiger partial charge on any atom is 0.119 e. The van der Waals surface area contributed by atoms with Crippen molar-refractivity contribution in [3.63, 3.8) is 0 Å². The van der Waals surface area contributed by atoms with Gasteiger partial charge in [-0.1, -0.05) is 29.8 Å². The summed E-state index contributed by atoms with van der Waals surface area (Å²) >= 11 is 9.30. The molecule has 1 aromatic carbocycles. The minimum absolute atomic E-state index is 0.604. The van der Waals surface area contributed by atoms with Gasteiger partial charge >= 0.3 is 0 Å². The van der Waals surface area contributed by atoms with Gasteiger partial charge in [0.15, 0.2) is 0 Å². The molecule has 108 valence electrons. The Hall–Kier alpha value is -0.250. The maximum atomic E-state index is 5.88. The number of hydrogen-bond acceptors (Lipinski definition) is 2. The third-order valence-corrected chi connectivity index (χ3v) is 3.99. The molecule has 0 saturated carbocycles. The molecule has 0 aliphatic heterocycles. The Morgan fingerprint density at radius 2 is 1.79 bits per heavy atom. The molecule has 0 saturated heterocycles. The molecule has 0 aliphatic rings. The van der Waals surface area contributed by atoms with E-state index < -0.39 is 0 Å². The Kier molecular flexibility index (Phi) is 8.51. The Morgan fingerprint density at radius 1 is 1.16 bits per heavy atom. The van der Waals surface area contributed by atoms with Crippen LogP contribution in [-0.2, 0) is 0 Å². The molecule has 0 aromatic heterocycles. The highest BCUT2D eigenvalue weighted by atomic mass is 79.9. The molecule has 0 spiro atoms. The Bertz CT molecular complexity index is 341. The van der Waals surface area contributed by atoms with Crippen molar-refractivity contribution in [3.8, 4) is 5.75 Å². The van der Waals surface area contributed by atoms with Gasteiger partial charge in [0.1, 0.15) is 12.4 Å². The molecule has 0 heterocycles. The van der Waals surface area contributed by atoms with Gasteiger partial charge in [0, 0.05) is 29.5 Å². The van der Waals surface area contributed by atoms with Crippen LogP contribution in [0.1, 0.15) is 26.7 Å². The number of rotatable bonds is 9. The van der Waals surface area contributed by atoms with Gasteiger partial charge in [-0.15, -0.1) is 11.6 Å². The highest BCUT2D eigenvalue weighted by molar-refractivity contribution is 9.10. The summed E-state index contributed by atoms with van der Waals surface area (Å²) in [5.74, 6) is 1.59. The van der Waals surface area contributed by atoms with Crippen LogP contribution in [0.3, 0.4) is 0 Å². The van der Waals surface area contributed by atoms with Crippen molar-refractivity contribution in [2.24, 2.45) is 0 Å². The van der Waals surface area contributed by atoms with Crippen LogP contribution in [0, 0.1) is 0 Å². The van der Waals surface area contributed by atoms with Crippen LogP contribution in [0.5, 0.6) is 5.75 Å².